The molecule has 4 unspecified atom stereocenters. The number of hydrogen-bond donors (Lipinski definition) is 2. The largest absolute Gasteiger partial charge is 0.490 e. The van der Waals surface area contributed by atoms with E-state index in [0.29, 0.717) is 31.7 Å². The normalized spacial score (nSPS) is 18.3. The van der Waals surface area contributed by atoms with Gasteiger partial charge in [0, 0.05) is 64.4 Å². The summed E-state index contributed by atoms with van der Waals surface area (Å²) < 4.78 is 24.2. The summed E-state index contributed by atoms with van der Waals surface area (Å²) in [4.78, 5) is 46.1. The Morgan fingerprint density at radius 3 is 2.13 bits per heavy atom. The van der Waals surface area contributed by atoms with Gasteiger partial charge in [-0.1, -0.05) is 13.0 Å². The van der Waals surface area contributed by atoms with Crippen LogP contribution in [0, 0.1) is 0 Å². The maximum absolute atomic E-state index is 12.3. The Hall–Kier alpha value is -1.72. The van der Waals surface area contributed by atoms with Crippen LogP contribution in [0.3, 0.4) is 0 Å². The highest BCUT2D eigenvalue weighted by molar-refractivity contribution is 8.21. The number of thioether (sulfide) groups is 6. The number of carbonyl (C=O) groups excluding carboxylic acids is 2. The molecule has 10 nitrogen and oxygen atoms in total. The molecule has 0 aliphatic carbocycles. The maximum atomic E-state index is 12.3. The fourth-order valence-corrected chi connectivity index (χ4v) is 12.7. The first kappa shape index (κ1) is 38.7. The third-order valence-electron chi connectivity index (χ3n) is 6.09. The number of ether oxygens (including phenoxy) is 4. The van der Waals surface area contributed by atoms with Crippen LogP contribution < -0.4 is 9.47 Å². The van der Waals surface area contributed by atoms with Crippen LogP contribution in [0.25, 0.3) is 0 Å². The molecule has 4 atom stereocenters. The molecule has 2 fully saturated rings. The minimum Gasteiger partial charge on any atom is -0.490 e. The number of carboxylic acids is 2. The molecular formula is C30H38O10S6. The van der Waals surface area contributed by atoms with Gasteiger partial charge in [-0.3, -0.25) is 0 Å². The van der Waals surface area contributed by atoms with Crippen LogP contribution in [-0.2, 0) is 28.7 Å². The van der Waals surface area contributed by atoms with Gasteiger partial charge in [-0.15, -0.1) is 58.8 Å². The summed E-state index contributed by atoms with van der Waals surface area (Å²) in [5.41, 5.74) is -0.576. The monoisotopic (exact) mass is 750 g/mol. The second-order valence-electron chi connectivity index (χ2n) is 9.80. The van der Waals surface area contributed by atoms with Crippen molar-refractivity contribution in [1.29, 1.82) is 0 Å². The number of aliphatic carboxylic acids is 2. The highest BCUT2D eigenvalue weighted by atomic mass is 32.2. The Kier molecular flexibility index (Phi) is 17.9. The molecule has 1 aromatic carbocycles. The van der Waals surface area contributed by atoms with Gasteiger partial charge >= 0.3 is 23.9 Å². The van der Waals surface area contributed by atoms with Gasteiger partial charge in [0.2, 0.25) is 0 Å². The molecule has 16 heteroatoms. The summed E-state index contributed by atoms with van der Waals surface area (Å²) in [5.74, 6) is 2.64. The fraction of sp³-hybridized carbons (Fsp3) is 0.533. The van der Waals surface area contributed by atoms with E-state index in [1.807, 2.05) is 47.0 Å². The van der Waals surface area contributed by atoms with Crippen molar-refractivity contribution in [3.05, 3.63) is 48.6 Å². The van der Waals surface area contributed by atoms with Crippen LogP contribution >= 0.6 is 70.6 Å². The molecule has 1 aromatic rings. The number of carboxylic acid groups (broad SMARTS) is 2. The van der Waals surface area contributed by atoms with Crippen molar-refractivity contribution in [3.63, 3.8) is 0 Å². The number of hydrogen-bond acceptors (Lipinski definition) is 14. The van der Waals surface area contributed by atoms with Gasteiger partial charge in [-0.05, 0) is 31.2 Å². The first-order valence-corrected chi connectivity index (χ1v) is 20.7. The third-order valence-corrected chi connectivity index (χ3v) is 15.7. The standard InChI is InChI=1S/C30H38O10S6/c1-19(38-26(35)8-6-24(31)32)29(43-11-10-28-41-12-13-42-28)40-22-5-3-4-21(16-22)37-17-23(39-27(36)9-7-25(33)34)18-46-20(2)30-44-14-15-45-30/h3-9,16,19-20,23,28-30H,10-15,17-18H2,1-2H3,(H,31,32)(H,33,34). The van der Waals surface area contributed by atoms with Crippen LogP contribution in [0.15, 0.2) is 48.6 Å². The molecule has 2 N–H and O–H groups in total. The summed E-state index contributed by atoms with van der Waals surface area (Å²) in [6.45, 7) is 3.88. The van der Waals surface area contributed by atoms with E-state index in [0.717, 1.165) is 59.5 Å². The van der Waals surface area contributed by atoms with E-state index in [2.05, 4.69) is 6.92 Å². The van der Waals surface area contributed by atoms with Crippen molar-refractivity contribution in [2.24, 2.45) is 0 Å². The van der Waals surface area contributed by atoms with Crippen LogP contribution in [0.5, 0.6) is 11.5 Å². The number of esters is 2. The topological polar surface area (TPSA) is 146 Å². The average Bonchev–Trinajstić information content (AvgIpc) is 3.75. The van der Waals surface area contributed by atoms with E-state index in [1.165, 1.54) is 11.8 Å². The molecule has 0 saturated carbocycles. The summed E-state index contributed by atoms with van der Waals surface area (Å²) in [6.07, 6.45) is 2.85. The minimum absolute atomic E-state index is 0.0413. The predicted molar refractivity (Wildman–Crippen MR) is 192 cm³/mol. The number of rotatable bonds is 20. The summed E-state index contributed by atoms with van der Waals surface area (Å²) in [7, 11) is 0. The van der Waals surface area contributed by atoms with Gasteiger partial charge in [0.05, 0.1) is 9.16 Å². The van der Waals surface area contributed by atoms with E-state index >= 15 is 0 Å². The zero-order valence-electron chi connectivity index (χ0n) is 25.3. The van der Waals surface area contributed by atoms with Gasteiger partial charge in [-0.25, -0.2) is 19.2 Å². The average molecular weight is 751 g/mol. The Bertz CT molecular complexity index is 1200. The van der Waals surface area contributed by atoms with Gasteiger partial charge in [0.1, 0.15) is 30.3 Å². The first-order valence-electron chi connectivity index (χ1n) is 14.4. The minimum atomic E-state index is -1.25. The lowest BCUT2D eigenvalue weighted by atomic mass is 10.3. The molecule has 2 saturated heterocycles. The molecule has 0 spiro atoms. The second kappa shape index (κ2) is 21.3. The number of benzene rings is 1. The van der Waals surface area contributed by atoms with Crippen molar-refractivity contribution in [1.82, 2.24) is 0 Å². The molecule has 0 bridgehead atoms. The molecule has 2 heterocycles. The van der Waals surface area contributed by atoms with E-state index in [9.17, 15) is 19.2 Å². The molecular weight excluding hydrogens is 713 g/mol. The van der Waals surface area contributed by atoms with E-state index < -0.39 is 41.5 Å². The molecule has 0 aromatic heterocycles. The van der Waals surface area contributed by atoms with Crippen LogP contribution in [-0.4, -0.2) is 107 Å². The van der Waals surface area contributed by atoms with Crippen LogP contribution in [0.2, 0.25) is 0 Å². The van der Waals surface area contributed by atoms with Gasteiger partial charge in [0.25, 0.3) is 0 Å². The Morgan fingerprint density at radius 1 is 0.870 bits per heavy atom. The Balaban J connectivity index is 1.64. The summed E-state index contributed by atoms with van der Waals surface area (Å²) >= 11 is 10.9. The van der Waals surface area contributed by atoms with Crippen LogP contribution in [0.1, 0.15) is 20.3 Å². The van der Waals surface area contributed by atoms with Gasteiger partial charge < -0.3 is 29.2 Å². The van der Waals surface area contributed by atoms with Gasteiger partial charge in [-0.2, -0.15) is 11.8 Å². The Labute approximate surface area is 294 Å². The van der Waals surface area contributed by atoms with E-state index in [1.54, 1.807) is 43.0 Å². The zero-order valence-corrected chi connectivity index (χ0v) is 30.2. The highest BCUT2D eigenvalue weighted by Crippen LogP contribution is 2.39. The first-order chi connectivity index (χ1) is 22.1. The van der Waals surface area contributed by atoms with E-state index in [-0.39, 0.29) is 6.61 Å². The quantitative estimate of drug-likeness (QED) is 0.0946. The summed E-state index contributed by atoms with van der Waals surface area (Å²) in [6, 6.07) is 6.95. The Morgan fingerprint density at radius 2 is 1.48 bits per heavy atom. The molecule has 3 rings (SSSR count). The third kappa shape index (κ3) is 15.5. The summed E-state index contributed by atoms with van der Waals surface area (Å²) in [5, 5.41) is 18.0. The highest BCUT2D eigenvalue weighted by Gasteiger charge is 2.27. The van der Waals surface area contributed by atoms with Crippen molar-refractivity contribution in [3.8, 4) is 11.5 Å². The molecule has 0 radical (unpaired) electrons. The fourth-order valence-electron chi connectivity index (χ4n) is 3.94. The van der Waals surface area contributed by atoms with Gasteiger partial charge in [0.15, 0.2) is 5.44 Å². The van der Waals surface area contributed by atoms with Crippen molar-refractivity contribution in [2.45, 2.75) is 52.3 Å². The zero-order chi connectivity index (χ0) is 33.3. The smallest absolute Gasteiger partial charge is 0.331 e. The number of carbonyl (C=O) groups is 4. The van der Waals surface area contributed by atoms with E-state index in [4.69, 9.17) is 29.2 Å². The molecule has 2 aliphatic rings. The lowest BCUT2D eigenvalue weighted by molar-refractivity contribution is -0.145. The SMILES string of the molecule is CC(OC(=O)C=CC(=O)O)C(Oc1cccc(OCC(CSC(C)C2SCCS2)OC(=O)C=CC(=O)O)c1)SCCC1SCCS1. The van der Waals surface area contributed by atoms with Crippen molar-refractivity contribution in [2.75, 3.05) is 41.1 Å². The molecule has 0 amide bonds. The van der Waals surface area contributed by atoms with Crippen molar-refractivity contribution >= 4 is 94.4 Å². The lowest BCUT2D eigenvalue weighted by Gasteiger charge is -2.25. The maximum Gasteiger partial charge on any atom is 0.331 e. The lowest BCUT2D eigenvalue weighted by Crippen LogP contribution is -2.31. The molecule has 254 valence electrons. The van der Waals surface area contributed by atoms with Crippen molar-refractivity contribution < 1.29 is 48.3 Å². The van der Waals surface area contributed by atoms with Crippen LogP contribution in [0.4, 0.5) is 0 Å². The predicted octanol–water partition coefficient (Wildman–Crippen LogP) is 5.75. The second-order valence-corrected chi connectivity index (χ2v) is 18.1. The molecule has 46 heavy (non-hydrogen) atoms. The molecule has 2 aliphatic heterocycles.